The van der Waals surface area contributed by atoms with E-state index in [1.807, 2.05) is 22.7 Å². The van der Waals surface area contributed by atoms with Gasteiger partial charge in [0.2, 0.25) is 0 Å². The summed E-state index contributed by atoms with van der Waals surface area (Å²) in [6, 6.07) is 27.9. The smallest absolute Gasteiger partial charge is 0.0428 e. The van der Waals surface area contributed by atoms with Gasteiger partial charge in [-0.05, 0) is 70.6 Å². The van der Waals surface area contributed by atoms with Gasteiger partial charge in [0.25, 0.3) is 0 Å². The zero-order valence-electron chi connectivity index (χ0n) is 19.2. The Kier molecular flexibility index (Phi) is 3.88. The second kappa shape index (κ2) is 6.56. The number of fused-ring (bicyclic) bond motifs is 8. The average molecular weight is 461 g/mol. The first kappa shape index (κ1) is 19.5. The largest absolute Gasteiger partial charge is 0.140 e. The van der Waals surface area contributed by atoms with Crippen molar-refractivity contribution in [1.82, 2.24) is 0 Å². The van der Waals surface area contributed by atoms with Crippen molar-refractivity contribution >= 4 is 53.6 Å². The maximum absolute atomic E-state index is 2.44. The number of hydrogen-bond donors (Lipinski definition) is 0. The fourth-order valence-corrected chi connectivity index (χ4v) is 7.90. The van der Waals surface area contributed by atoms with Crippen LogP contribution in [0.1, 0.15) is 35.4 Å². The summed E-state index contributed by atoms with van der Waals surface area (Å²) in [4.78, 5) is 2.73. The molecule has 1 aliphatic carbocycles. The topological polar surface area (TPSA) is 0 Å². The van der Waals surface area contributed by atoms with E-state index in [4.69, 9.17) is 0 Å². The Bertz CT molecular complexity index is 1760. The zero-order chi connectivity index (χ0) is 22.5. The second-order valence-corrected chi connectivity index (χ2v) is 12.3. The number of thiophene rings is 2. The van der Waals surface area contributed by atoms with Gasteiger partial charge in [0.05, 0.1) is 0 Å². The van der Waals surface area contributed by atoms with Crippen LogP contribution in [-0.4, -0.2) is 0 Å². The van der Waals surface area contributed by atoms with E-state index >= 15 is 0 Å². The van der Waals surface area contributed by atoms with Crippen molar-refractivity contribution < 1.29 is 0 Å². The maximum Gasteiger partial charge on any atom is 0.0428 e. The van der Waals surface area contributed by atoms with Crippen molar-refractivity contribution in [3.8, 4) is 21.6 Å². The molecule has 6 aromatic rings. The highest BCUT2D eigenvalue weighted by Crippen LogP contribution is 2.50. The zero-order valence-corrected chi connectivity index (χ0v) is 20.9. The lowest BCUT2D eigenvalue weighted by molar-refractivity contribution is 0.660. The number of benzene rings is 4. The van der Waals surface area contributed by atoms with Gasteiger partial charge in [-0.15, -0.1) is 22.7 Å². The molecule has 33 heavy (non-hydrogen) atoms. The van der Waals surface area contributed by atoms with Crippen LogP contribution in [0.4, 0.5) is 0 Å². The van der Waals surface area contributed by atoms with Crippen LogP contribution in [0.5, 0.6) is 0 Å². The molecule has 0 aliphatic heterocycles. The summed E-state index contributed by atoms with van der Waals surface area (Å²) in [5, 5.41) is 5.46. The molecule has 4 aromatic carbocycles. The van der Waals surface area contributed by atoms with Crippen LogP contribution in [0.2, 0.25) is 0 Å². The highest BCUT2D eigenvalue weighted by molar-refractivity contribution is 7.23. The van der Waals surface area contributed by atoms with Crippen LogP contribution in [0.25, 0.3) is 52.5 Å². The monoisotopic (exact) mass is 460 g/mol. The third kappa shape index (κ3) is 2.68. The van der Waals surface area contributed by atoms with Crippen molar-refractivity contribution in [3.05, 3.63) is 94.4 Å². The lowest BCUT2D eigenvalue weighted by atomic mass is 9.81. The highest BCUT2D eigenvalue weighted by Gasteiger charge is 2.35. The molecule has 0 fully saturated rings. The van der Waals surface area contributed by atoms with Crippen LogP contribution in [0.15, 0.2) is 72.8 Å². The summed E-state index contributed by atoms with van der Waals surface area (Å²) in [5.74, 6) is 0. The van der Waals surface area contributed by atoms with Gasteiger partial charge in [-0.25, -0.2) is 0 Å². The summed E-state index contributed by atoms with van der Waals surface area (Å²) >= 11 is 3.84. The molecule has 0 amide bonds. The van der Waals surface area contributed by atoms with Crippen molar-refractivity contribution in [1.29, 1.82) is 0 Å². The first-order chi connectivity index (χ1) is 15.9. The summed E-state index contributed by atoms with van der Waals surface area (Å²) in [5.41, 5.74) is 8.37. The van der Waals surface area contributed by atoms with E-state index in [1.54, 1.807) is 0 Å². The van der Waals surface area contributed by atoms with Gasteiger partial charge >= 0.3 is 0 Å². The molecular formula is C31H24S2. The van der Waals surface area contributed by atoms with E-state index in [2.05, 4.69) is 100 Å². The molecule has 0 saturated heterocycles. The molecule has 0 saturated carbocycles. The van der Waals surface area contributed by atoms with E-state index in [1.165, 1.54) is 74.1 Å². The molecule has 0 N–H and O–H groups in total. The number of rotatable bonds is 1. The van der Waals surface area contributed by atoms with Crippen molar-refractivity contribution in [3.63, 3.8) is 0 Å². The minimum Gasteiger partial charge on any atom is -0.140 e. The van der Waals surface area contributed by atoms with E-state index < -0.39 is 0 Å². The van der Waals surface area contributed by atoms with E-state index in [0.717, 1.165) is 0 Å². The third-order valence-corrected chi connectivity index (χ3v) is 9.73. The van der Waals surface area contributed by atoms with Crippen LogP contribution in [-0.2, 0) is 5.41 Å². The first-order valence-corrected chi connectivity index (χ1v) is 13.2. The Morgan fingerprint density at radius 3 is 2.00 bits per heavy atom. The van der Waals surface area contributed by atoms with Crippen molar-refractivity contribution in [2.75, 3.05) is 0 Å². The van der Waals surface area contributed by atoms with Gasteiger partial charge in [0, 0.05) is 35.3 Å². The van der Waals surface area contributed by atoms with Crippen molar-refractivity contribution in [2.45, 2.75) is 33.1 Å². The van der Waals surface area contributed by atoms with Gasteiger partial charge in [-0.2, -0.15) is 0 Å². The summed E-state index contributed by atoms with van der Waals surface area (Å²) < 4.78 is 2.81. The van der Waals surface area contributed by atoms with Gasteiger partial charge < -0.3 is 0 Å². The maximum atomic E-state index is 2.44. The fraction of sp³-hybridized carbons (Fsp3) is 0.161. The van der Waals surface area contributed by atoms with E-state index in [0.29, 0.717) is 0 Å². The highest BCUT2D eigenvalue weighted by atomic mass is 32.1. The molecule has 1 aliphatic rings. The van der Waals surface area contributed by atoms with Crippen LogP contribution in [0.3, 0.4) is 0 Å². The predicted molar refractivity (Wildman–Crippen MR) is 147 cm³/mol. The van der Waals surface area contributed by atoms with Crippen molar-refractivity contribution in [2.24, 2.45) is 0 Å². The van der Waals surface area contributed by atoms with E-state index in [-0.39, 0.29) is 5.41 Å². The number of aryl methyl sites for hydroxylation is 2. The van der Waals surface area contributed by atoms with Gasteiger partial charge in [0.1, 0.15) is 0 Å². The summed E-state index contributed by atoms with van der Waals surface area (Å²) in [7, 11) is 0. The van der Waals surface area contributed by atoms with Crippen LogP contribution < -0.4 is 0 Å². The Morgan fingerprint density at radius 1 is 0.606 bits per heavy atom. The van der Waals surface area contributed by atoms with Crippen LogP contribution >= 0.6 is 22.7 Å². The Labute approximate surface area is 202 Å². The predicted octanol–water partition coefficient (Wildman–Crippen LogP) is 9.86. The number of hydrogen-bond acceptors (Lipinski definition) is 2. The minimum absolute atomic E-state index is 0.0265. The fourth-order valence-electron chi connectivity index (χ4n) is 5.68. The van der Waals surface area contributed by atoms with Crippen LogP contribution in [0, 0.1) is 13.8 Å². The Hall–Kier alpha value is -2.94. The van der Waals surface area contributed by atoms with Gasteiger partial charge in [0.15, 0.2) is 0 Å². The quantitative estimate of drug-likeness (QED) is 0.229. The Morgan fingerprint density at radius 2 is 1.24 bits per heavy atom. The normalized spacial score (nSPS) is 14.3. The molecule has 0 bridgehead atoms. The molecule has 0 spiro atoms. The molecule has 7 rings (SSSR count). The molecule has 0 radical (unpaired) electrons. The van der Waals surface area contributed by atoms with Gasteiger partial charge in [-0.3, -0.25) is 0 Å². The molecule has 2 heteroatoms. The molecule has 2 heterocycles. The molecule has 160 valence electrons. The molecule has 0 nitrogen and oxygen atoms in total. The lowest BCUT2D eigenvalue weighted by Crippen LogP contribution is -2.15. The molecular weight excluding hydrogens is 436 g/mol. The average Bonchev–Trinajstić information content (AvgIpc) is 3.46. The Balaban J connectivity index is 1.42. The standard InChI is InChI=1S/C31H24S2/c1-17-5-9-22-23-10-6-19(15-27(23)31(3,4)26(22)13-17)28-16-21-8-12-24-25(30(21)33-28)11-7-20-14-18(2)32-29(20)24/h5-16H,1-4H3. The summed E-state index contributed by atoms with van der Waals surface area (Å²) in [6.45, 7) is 9.13. The molecule has 2 aromatic heterocycles. The summed E-state index contributed by atoms with van der Waals surface area (Å²) in [6.07, 6.45) is 0. The molecule has 0 unspecified atom stereocenters. The van der Waals surface area contributed by atoms with E-state index in [9.17, 15) is 0 Å². The second-order valence-electron chi connectivity index (χ2n) is 9.97. The minimum atomic E-state index is 0.0265. The SMILES string of the molecule is Cc1ccc2c(c1)C(C)(C)c1cc(-c3cc4ccc5c(ccc6cc(C)sc65)c4s3)ccc1-2. The third-order valence-electron chi connectivity index (χ3n) is 7.40. The lowest BCUT2D eigenvalue weighted by Gasteiger charge is -2.22. The van der Waals surface area contributed by atoms with Gasteiger partial charge in [-0.1, -0.05) is 74.0 Å². The molecule has 0 atom stereocenters. The first-order valence-electron chi connectivity index (χ1n) is 11.5.